The number of fused-ring (bicyclic) bond motifs is 3. The van der Waals surface area contributed by atoms with Gasteiger partial charge in [-0.15, -0.1) is 11.3 Å². The van der Waals surface area contributed by atoms with Gasteiger partial charge in [0, 0.05) is 23.7 Å². The van der Waals surface area contributed by atoms with Crippen LogP contribution in [0, 0.1) is 0 Å². The maximum absolute atomic E-state index is 13.2. The molecule has 0 bridgehead atoms. The zero-order valence-electron chi connectivity index (χ0n) is 15.1. The third kappa shape index (κ3) is 3.40. The van der Waals surface area contributed by atoms with Crippen LogP contribution < -0.4 is 5.56 Å². The number of hydrogen-bond acceptors (Lipinski definition) is 7. The molecule has 8 heteroatoms. The van der Waals surface area contributed by atoms with Gasteiger partial charge in [0.2, 0.25) is 0 Å². The van der Waals surface area contributed by atoms with E-state index in [1.165, 1.54) is 18.9 Å². The molecule has 1 aromatic carbocycles. The zero-order valence-corrected chi connectivity index (χ0v) is 16.7. The normalized spacial score (nSPS) is 14.3. The summed E-state index contributed by atoms with van der Waals surface area (Å²) < 4.78 is 5.93. The number of carbonyl (C=O) groups is 1. The largest absolute Gasteiger partial charge is 0.452 e. The standard InChI is InChI=1S/C19H19N3O3S2/c1-21-9-8-13-14(10-21)27-16-15(13)17(23)22(19(24)25-2)18(20-16)26-11-12-6-4-3-5-7-12/h3-7H,8-11H2,1-2H3. The summed E-state index contributed by atoms with van der Waals surface area (Å²) in [5, 5.41) is 0.938. The first kappa shape index (κ1) is 18.2. The lowest BCUT2D eigenvalue weighted by Crippen LogP contribution is -2.31. The van der Waals surface area contributed by atoms with E-state index in [0.29, 0.717) is 21.1 Å². The smallest absolute Gasteiger partial charge is 0.422 e. The van der Waals surface area contributed by atoms with Crippen LogP contribution in [0.5, 0.6) is 0 Å². The van der Waals surface area contributed by atoms with E-state index in [1.54, 1.807) is 11.3 Å². The molecule has 0 saturated heterocycles. The molecular formula is C19H19N3O3S2. The van der Waals surface area contributed by atoms with Crippen LogP contribution in [0.25, 0.3) is 10.2 Å². The minimum atomic E-state index is -0.696. The molecule has 27 heavy (non-hydrogen) atoms. The van der Waals surface area contributed by atoms with E-state index in [2.05, 4.69) is 16.9 Å². The molecule has 0 radical (unpaired) electrons. The monoisotopic (exact) mass is 401 g/mol. The lowest BCUT2D eigenvalue weighted by atomic mass is 10.1. The van der Waals surface area contributed by atoms with Crippen molar-refractivity contribution in [3.05, 3.63) is 56.7 Å². The molecule has 0 amide bonds. The van der Waals surface area contributed by atoms with Crippen LogP contribution in [0.1, 0.15) is 16.0 Å². The summed E-state index contributed by atoms with van der Waals surface area (Å²) >= 11 is 2.92. The van der Waals surface area contributed by atoms with Crippen molar-refractivity contribution in [1.82, 2.24) is 14.5 Å². The van der Waals surface area contributed by atoms with Crippen LogP contribution in [0.3, 0.4) is 0 Å². The van der Waals surface area contributed by atoms with Gasteiger partial charge in [0.15, 0.2) is 5.16 Å². The van der Waals surface area contributed by atoms with Crippen molar-refractivity contribution >= 4 is 39.4 Å². The van der Waals surface area contributed by atoms with Crippen molar-refractivity contribution in [2.75, 3.05) is 20.7 Å². The third-order valence-electron chi connectivity index (χ3n) is 4.60. The van der Waals surface area contributed by atoms with Gasteiger partial charge in [0.25, 0.3) is 5.56 Å². The summed E-state index contributed by atoms with van der Waals surface area (Å²) in [4.78, 5) is 34.3. The predicted octanol–water partition coefficient (Wildman–Crippen LogP) is 3.35. The van der Waals surface area contributed by atoms with Gasteiger partial charge < -0.3 is 9.64 Å². The molecule has 0 spiro atoms. The van der Waals surface area contributed by atoms with Gasteiger partial charge in [-0.05, 0) is 24.6 Å². The first-order valence-electron chi connectivity index (χ1n) is 8.59. The van der Waals surface area contributed by atoms with Crippen molar-refractivity contribution in [2.45, 2.75) is 23.9 Å². The van der Waals surface area contributed by atoms with Crippen molar-refractivity contribution in [3.8, 4) is 0 Å². The molecule has 0 N–H and O–H groups in total. The first-order valence-corrected chi connectivity index (χ1v) is 10.4. The highest BCUT2D eigenvalue weighted by molar-refractivity contribution is 7.98. The fourth-order valence-electron chi connectivity index (χ4n) is 3.22. The van der Waals surface area contributed by atoms with Crippen LogP contribution in [0.2, 0.25) is 0 Å². The number of rotatable bonds is 3. The van der Waals surface area contributed by atoms with Crippen molar-refractivity contribution in [1.29, 1.82) is 0 Å². The minimum absolute atomic E-state index is 0.329. The van der Waals surface area contributed by atoms with Crippen molar-refractivity contribution in [2.24, 2.45) is 0 Å². The summed E-state index contributed by atoms with van der Waals surface area (Å²) in [5.74, 6) is 0.615. The Morgan fingerprint density at radius 3 is 2.85 bits per heavy atom. The first-order chi connectivity index (χ1) is 13.1. The van der Waals surface area contributed by atoms with Crippen LogP contribution in [-0.2, 0) is 23.5 Å². The van der Waals surface area contributed by atoms with Gasteiger partial charge in [-0.2, -0.15) is 4.57 Å². The van der Waals surface area contributed by atoms with Gasteiger partial charge in [0.05, 0.1) is 12.5 Å². The second-order valence-electron chi connectivity index (χ2n) is 6.45. The van der Waals surface area contributed by atoms with Crippen LogP contribution >= 0.6 is 23.1 Å². The Morgan fingerprint density at radius 2 is 2.11 bits per heavy atom. The van der Waals surface area contributed by atoms with E-state index in [-0.39, 0.29) is 5.56 Å². The molecule has 4 rings (SSSR count). The molecule has 140 valence electrons. The number of ether oxygens (including phenoxy) is 1. The number of carbonyl (C=O) groups excluding carboxylic acids is 1. The van der Waals surface area contributed by atoms with E-state index >= 15 is 0 Å². The number of methoxy groups -OCH3 is 1. The summed E-state index contributed by atoms with van der Waals surface area (Å²) in [7, 11) is 3.34. The number of thioether (sulfide) groups is 1. The molecule has 6 nitrogen and oxygen atoms in total. The van der Waals surface area contributed by atoms with Gasteiger partial charge in [-0.25, -0.2) is 9.78 Å². The number of thiophene rings is 1. The predicted molar refractivity (Wildman–Crippen MR) is 108 cm³/mol. The Labute approximate surface area is 164 Å². The molecule has 0 unspecified atom stereocenters. The molecule has 2 aromatic heterocycles. The third-order valence-corrected chi connectivity index (χ3v) is 6.72. The van der Waals surface area contributed by atoms with Crippen LogP contribution in [0.4, 0.5) is 4.79 Å². The van der Waals surface area contributed by atoms with E-state index in [9.17, 15) is 9.59 Å². The van der Waals surface area contributed by atoms with Crippen LogP contribution in [-0.4, -0.2) is 41.2 Å². The van der Waals surface area contributed by atoms with Crippen molar-refractivity contribution < 1.29 is 9.53 Å². The molecule has 1 aliphatic heterocycles. The molecule has 0 aliphatic carbocycles. The number of benzene rings is 1. The molecule has 3 aromatic rings. The Hall–Kier alpha value is -2.16. The van der Waals surface area contributed by atoms with Gasteiger partial charge >= 0.3 is 6.09 Å². The van der Waals surface area contributed by atoms with E-state index in [4.69, 9.17) is 4.74 Å². The topological polar surface area (TPSA) is 64.4 Å². The van der Waals surface area contributed by atoms with E-state index in [1.807, 2.05) is 30.3 Å². The number of aromatic nitrogens is 2. The zero-order chi connectivity index (χ0) is 19.0. The second-order valence-corrected chi connectivity index (χ2v) is 8.48. The maximum Gasteiger partial charge on any atom is 0.422 e. The fraction of sp³-hybridized carbons (Fsp3) is 0.316. The van der Waals surface area contributed by atoms with Crippen LogP contribution in [0.15, 0.2) is 40.3 Å². The Balaban J connectivity index is 1.82. The minimum Gasteiger partial charge on any atom is -0.452 e. The summed E-state index contributed by atoms with van der Waals surface area (Å²) in [6.07, 6.45) is 0.0956. The molecular weight excluding hydrogens is 382 g/mol. The van der Waals surface area contributed by atoms with E-state index < -0.39 is 6.09 Å². The van der Waals surface area contributed by atoms with Gasteiger partial charge in [0.1, 0.15) is 4.83 Å². The highest BCUT2D eigenvalue weighted by Crippen LogP contribution is 2.33. The molecule has 1 aliphatic rings. The quantitative estimate of drug-likeness (QED) is 0.495. The Morgan fingerprint density at radius 1 is 1.33 bits per heavy atom. The molecule has 0 atom stereocenters. The van der Waals surface area contributed by atoms with E-state index in [0.717, 1.165) is 40.1 Å². The summed E-state index contributed by atoms with van der Waals surface area (Å²) in [6, 6.07) is 9.89. The highest BCUT2D eigenvalue weighted by atomic mass is 32.2. The SMILES string of the molecule is COC(=O)n1c(SCc2ccccc2)nc2sc3c(c2c1=O)CCN(C)C3. The average molecular weight is 402 g/mol. The van der Waals surface area contributed by atoms with Crippen molar-refractivity contribution in [3.63, 3.8) is 0 Å². The Bertz CT molecular complexity index is 1060. The second kappa shape index (κ2) is 7.46. The maximum atomic E-state index is 13.2. The average Bonchev–Trinajstić information content (AvgIpc) is 3.04. The molecule has 3 heterocycles. The number of hydrogen-bond donors (Lipinski definition) is 0. The fourth-order valence-corrected chi connectivity index (χ4v) is 5.50. The lowest BCUT2D eigenvalue weighted by molar-refractivity contribution is 0.169. The summed E-state index contributed by atoms with van der Waals surface area (Å²) in [5.41, 5.74) is 1.80. The Kier molecular flexibility index (Phi) is 5.03. The number of nitrogens with zero attached hydrogens (tertiary/aromatic N) is 3. The molecule has 0 saturated carbocycles. The highest BCUT2D eigenvalue weighted by Gasteiger charge is 2.26. The van der Waals surface area contributed by atoms with Gasteiger partial charge in [-0.3, -0.25) is 4.79 Å². The van der Waals surface area contributed by atoms with Gasteiger partial charge in [-0.1, -0.05) is 42.1 Å². The molecule has 0 fully saturated rings. The lowest BCUT2D eigenvalue weighted by Gasteiger charge is -2.21. The number of likely N-dealkylation sites (N-methyl/N-ethyl adjacent to an activating group) is 1. The summed E-state index contributed by atoms with van der Waals surface area (Å²) in [6.45, 7) is 1.70.